The first-order valence-corrected chi connectivity index (χ1v) is 8.56. The molecule has 0 aromatic carbocycles. The molecule has 1 aromatic heterocycles. The first-order chi connectivity index (χ1) is 10.6. The third kappa shape index (κ3) is 3.35. The number of hydrogen-bond acceptors (Lipinski definition) is 4. The van der Waals surface area contributed by atoms with Gasteiger partial charge in [-0.15, -0.1) is 0 Å². The van der Waals surface area contributed by atoms with Crippen LogP contribution in [0.3, 0.4) is 0 Å². The molecule has 2 heterocycles. The van der Waals surface area contributed by atoms with Crippen molar-refractivity contribution in [2.45, 2.75) is 64.8 Å². The topological polar surface area (TPSA) is 58.4 Å². The van der Waals surface area contributed by atoms with E-state index in [-0.39, 0.29) is 11.9 Å². The average molecular weight is 305 g/mol. The van der Waals surface area contributed by atoms with Crippen LogP contribution in [0.15, 0.2) is 10.6 Å². The van der Waals surface area contributed by atoms with E-state index in [1.54, 1.807) is 6.07 Å². The molecule has 1 amide bonds. The standard InChI is InChI=1S/C17H27N3O2/c1-13-11-15(22-19-13)18-16(21)14(2)20-10-6-9-17(12-20)7-4-3-5-8-17/h11,14H,3-10,12H2,1-2H3,(H,18,21)/t14-/m0/s1. The van der Waals surface area contributed by atoms with E-state index in [0.29, 0.717) is 11.3 Å². The zero-order chi connectivity index (χ0) is 15.6. The van der Waals surface area contributed by atoms with Crippen molar-refractivity contribution >= 4 is 11.8 Å². The second kappa shape index (κ2) is 6.41. The molecular formula is C17H27N3O2. The molecule has 2 fully saturated rings. The number of piperidine rings is 1. The van der Waals surface area contributed by atoms with E-state index < -0.39 is 0 Å². The predicted octanol–water partition coefficient (Wildman–Crippen LogP) is 3.36. The Balaban J connectivity index is 1.61. The third-order valence-corrected chi connectivity index (χ3v) is 5.41. The monoisotopic (exact) mass is 305 g/mol. The molecule has 1 N–H and O–H groups in total. The molecule has 5 heteroatoms. The fourth-order valence-electron chi connectivity index (χ4n) is 4.10. The Morgan fingerprint density at radius 2 is 2.05 bits per heavy atom. The fourth-order valence-corrected chi connectivity index (χ4v) is 4.10. The summed E-state index contributed by atoms with van der Waals surface area (Å²) in [6, 6.07) is 1.63. The summed E-state index contributed by atoms with van der Waals surface area (Å²) >= 11 is 0. The van der Waals surface area contributed by atoms with Gasteiger partial charge in [0.15, 0.2) is 0 Å². The second-order valence-electron chi connectivity index (χ2n) is 7.13. The number of aromatic nitrogens is 1. The minimum Gasteiger partial charge on any atom is -0.338 e. The Kier molecular flexibility index (Phi) is 4.52. The highest BCUT2D eigenvalue weighted by atomic mass is 16.5. The van der Waals surface area contributed by atoms with Gasteiger partial charge in [-0.3, -0.25) is 15.0 Å². The van der Waals surface area contributed by atoms with Gasteiger partial charge in [-0.1, -0.05) is 24.4 Å². The molecule has 1 saturated carbocycles. The lowest BCUT2D eigenvalue weighted by Gasteiger charge is -2.46. The number of hydrogen-bond donors (Lipinski definition) is 1. The number of amides is 1. The lowest BCUT2D eigenvalue weighted by molar-refractivity contribution is -0.122. The van der Waals surface area contributed by atoms with E-state index in [2.05, 4.69) is 15.4 Å². The van der Waals surface area contributed by atoms with Gasteiger partial charge in [0.2, 0.25) is 11.8 Å². The Labute approximate surface area is 132 Å². The molecule has 0 bridgehead atoms. The van der Waals surface area contributed by atoms with Gasteiger partial charge in [0.05, 0.1) is 11.7 Å². The summed E-state index contributed by atoms with van der Waals surface area (Å²) in [7, 11) is 0. The first kappa shape index (κ1) is 15.5. The van der Waals surface area contributed by atoms with E-state index in [1.165, 1.54) is 44.9 Å². The van der Waals surface area contributed by atoms with Crippen molar-refractivity contribution in [1.82, 2.24) is 10.1 Å². The van der Waals surface area contributed by atoms with Crippen molar-refractivity contribution < 1.29 is 9.32 Å². The van der Waals surface area contributed by atoms with Gasteiger partial charge < -0.3 is 4.52 Å². The summed E-state index contributed by atoms with van der Waals surface area (Å²) in [6.07, 6.45) is 9.29. The molecular weight excluding hydrogens is 278 g/mol. The maximum Gasteiger partial charge on any atom is 0.243 e. The van der Waals surface area contributed by atoms with Crippen LogP contribution < -0.4 is 5.32 Å². The number of aryl methyl sites for hydroxylation is 1. The van der Waals surface area contributed by atoms with Gasteiger partial charge in [0.1, 0.15) is 0 Å². The number of rotatable bonds is 3. The molecule has 5 nitrogen and oxygen atoms in total. The van der Waals surface area contributed by atoms with Gasteiger partial charge in [-0.25, -0.2) is 0 Å². The molecule has 1 atom stereocenters. The van der Waals surface area contributed by atoms with Crippen molar-refractivity contribution in [3.05, 3.63) is 11.8 Å². The van der Waals surface area contributed by atoms with Crippen LogP contribution in [0.2, 0.25) is 0 Å². The van der Waals surface area contributed by atoms with Crippen molar-refractivity contribution in [2.75, 3.05) is 18.4 Å². The third-order valence-electron chi connectivity index (χ3n) is 5.41. The quantitative estimate of drug-likeness (QED) is 0.930. The zero-order valence-corrected chi connectivity index (χ0v) is 13.7. The lowest BCUT2D eigenvalue weighted by Crippen LogP contribution is -2.51. The molecule has 1 saturated heterocycles. The average Bonchev–Trinajstić information content (AvgIpc) is 2.92. The maximum atomic E-state index is 12.5. The number of anilines is 1. The van der Waals surface area contributed by atoms with Gasteiger partial charge in [0.25, 0.3) is 0 Å². The summed E-state index contributed by atoms with van der Waals surface area (Å²) in [4.78, 5) is 14.8. The highest BCUT2D eigenvalue weighted by molar-refractivity contribution is 5.93. The molecule has 22 heavy (non-hydrogen) atoms. The minimum atomic E-state index is -0.121. The Bertz CT molecular complexity index is 514. The number of nitrogens with one attached hydrogen (secondary N) is 1. The van der Waals surface area contributed by atoms with Crippen LogP contribution in [0.4, 0.5) is 5.88 Å². The maximum absolute atomic E-state index is 12.5. The van der Waals surface area contributed by atoms with Crippen LogP contribution in [-0.2, 0) is 4.79 Å². The molecule has 0 radical (unpaired) electrons. The number of carbonyl (C=O) groups excluding carboxylic acids is 1. The fraction of sp³-hybridized carbons (Fsp3) is 0.765. The Morgan fingerprint density at radius 1 is 1.32 bits per heavy atom. The van der Waals surface area contributed by atoms with Gasteiger partial charge in [-0.2, -0.15) is 0 Å². The van der Waals surface area contributed by atoms with E-state index >= 15 is 0 Å². The van der Waals surface area contributed by atoms with Crippen LogP contribution in [0.1, 0.15) is 57.6 Å². The van der Waals surface area contributed by atoms with E-state index in [9.17, 15) is 4.79 Å². The summed E-state index contributed by atoms with van der Waals surface area (Å²) in [5.41, 5.74) is 1.25. The first-order valence-electron chi connectivity index (χ1n) is 8.56. The number of carbonyl (C=O) groups is 1. The van der Waals surface area contributed by atoms with E-state index in [0.717, 1.165) is 18.8 Å². The van der Waals surface area contributed by atoms with Crippen LogP contribution in [0.5, 0.6) is 0 Å². The van der Waals surface area contributed by atoms with Crippen LogP contribution in [0.25, 0.3) is 0 Å². The predicted molar refractivity (Wildman–Crippen MR) is 85.7 cm³/mol. The van der Waals surface area contributed by atoms with Gasteiger partial charge >= 0.3 is 0 Å². The van der Waals surface area contributed by atoms with E-state index in [1.807, 2.05) is 13.8 Å². The summed E-state index contributed by atoms with van der Waals surface area (Å²) in [5.74, 6) is 0.447. The van der Waals surface area contributed by atoms with Gasteiger partial charge in [-0.05, 0) is 51.5 Å². The highest BCUT2D eigenvalue weighted by Crippen LogP contribution is 2.43. The number of nitrogens with zero attached hydrogens (tertiary/aromatic N) is 2. The summed E-state index contributed by atoms with van der Waals surface area (Å²) in [5, 5.41) is 6.65. The molecule has 1 aromatic rings. The SMILES string of the molecule is Cc1cc(NC(=O)[C@H](C)N2CCCC3(CCCCC3)C2)on1. The molecule has 1 aliphatic carbocycles. The van der Waals surface area contributed by atoms with Crippen molar-refractivity contribution in [3.63, 3.8) is 0 Å². The van der Waals surface area contributed by atoms with E-state index in [4.69, 9.17) is 4.52 Å². The minimum absolute atomic E-state index is 0.00371. The molecule has 1 spiro atoms. The summed E-state index contributed by atoms with van der Waals surface area (Å²) in [6.45, 7) is 5.93. The summed E-state index contributed by atoms with van der Waals surface area (Å²) < 4.78 is 5.08. The van der Waals surface area contributed by atoms with Crippen LogP contribution >= 0.6 is 0 Å². The van der Waals surface area contributed by atoms with Crippen LogP contribution in [0, 0.1) is 12.3 Å². The molecule has 122 valence electrons. The zero-order valence-electron chi connectivity index (χ0n) is 13.7. The number of likely N-dealkylation sites (tertiary alicyclic amines) is 1. The molecule has 2 aliphatic rings. The Hall–Kier alpha value is -1.36. The van der Waals surface area contributed by atoms with Crippen LogP contribution in [-0.4, -0.2) is 35.1 Å². The normalized spacial score (nSPS) is 23.4. The van der Waals surface area contributed by atoms with Crippen molar-refractivity contribution in [2.24, 2.45) is 5.41 Å². The molecule has 1 aliphatic heterocycles. The Morgan fingerprint density at radius 3 is 2.73 bits per heavy atom. The van der Waals surface area contributed by atoms with Gasteiger partial charge in [0, 0.05) is 12.6 Å². The molecule has 3 rings (SSSR count). The van der Waals surface area contributed by atoms with Crippen molar-refractivity contribution in [3.8, 4) is 0 Å². The lowest BCUT2D eigenvalue weighted by atomic mass is 9.69. The largest absolute Gasteiger partial charge is 0.338 e. The second-order valence-corrected chi connectivity index (χ2v) is 7.13. The highest BCUT2D eigenvalue weighted by Gasteiger charge is 2.38. The molecule has 0 unspecified atom stereocenters. The van der Waals surface area contributed by atoms with Crippen molar-refractivity contribution in [1.29, 1.82) is 0 Å². The smallest absolute Gasteiger partial charge is 0.243 e.